The predicted molar refractivity (Wildman–Crippen MR) is 76.6 cm³/mol. The van der Waals surface area contributed by atoms with Crippen LogP contribution in [0.4, 0.5) is 0 Å². The van der Waals surface area contributed by atoms with Gasteiger partial charge in [-0.25, -0.2) is 0 Å². The first-order chi connectivity index (χ1) is 8.28. The monoisotopic (exact) mass is 315 g/mol. The number of ketones is 1. The second kappa shape index (κ2) is 5.97. The average molecular weight is 316 g/mol. The maximum atomic E-state index is 12.0. The molecule has 4 nitrogen and oxygen atoms in total. The maximum absolute atomic E-state index is 12.0. The van der Waals surface area contributed by atoms with Crippen LogP contribution in [-0.2, 0) is 24.2 Å². The van der Waals surface area contributed by atoms with Crippen molar-refractivity contribution in [3.05, 3.63) is 15.9 Å². The van der Waals surface area contributed by atoms with E-state index < -0.39 is 5.54 Å². The van der Waals surface area contributed by atoms with Crippen molar-refractivity contribution in [1.82, 2.24) is 9.78 Å². The molecule has 1 heterocycles. The van der Waals surface area contributed by atoms with E-state index in [0.29, 0.717) is 12.8 Å². The molecule has 0 spiro atoms. The Kier molecular flexibility index (Phi) is 5.10. The summed E-state index contributed by atoms with van der Waals surface area (Å²) in [5.41, 5.74) is 7.39. The van der Waals surface area contributed by atoms with Crippen LogP contribution < -0.4 is 5.73 Å². The smallest absolute Gasteiger partial charge is 0.140 e. The van der Waals surface area contributed by atoms with Crippen molar-refractivity contribution in [2.75, 3.05) is 0 Å². The second-order valence-electron chi connectivity index (χ2n) is 5.26. The first-order valence-corrected chi connectivity index (χ1v) is 7.12. The zero-order chi connectivity index (χ0) is 13.9. The van der Waals surface area contributed by atoms with Crippen LogP contribution in [0.3, 0.4) is 0 Å². The largest absolute Gasteiger partial charge is 0.325 e. The minimum Gasteiger partial charge on any atom is -0.325 e. The highest BCUT2D eigenvalue weighted by atomic mass is 79.9. The highest BCUT2D eigenvalue weighted by molar-refractivity contribution is 9.10. The van der Waals surface area contributed by atoms with Crippen LogP contribution in [0.25, 0.3) is 0 Å². The third kappa shape index (κ3) is 3.92. The van der Waals surface area contributed by atoms with Gasteiger partial charge in [0.05, 0.1) is 15.9 Å². The Balaban J connectivity index is 2.90. The lowest BCUT2D eigenvalue weighted by Gasteiger charge is -2.17. The van der Waals surface area contributed by atoms with Gasteiger partial charge >= 0.3 is 0 Å². The molecule has 0 fully saturated rings. The van der Waals surface area contributed by atoms with Crippen LogP contribution in [0, 0.1) is 0 Å². The van der Waals surface area contributed by atoms with Gasteiger partial charge in [-0.3, -0.25) is 9.48 Å². The van der Waals surface area contributed by atoms with Crippen molar-refractivity contribution in [1.29, 1.82) is 0 Å². The van der Waals surface area contributed by atoms with Gasteiger partial charge in [0.1, 0.15) is 5.78 Å². The molecule has 2 N–H and O–H groups in total. The van der Waals surface area contributed by atoms with Gasteiger partial charge in [-0.1, -0.05) is 6.92 Å². The zero-order valence-corrected chi connectivity index (χ0v) is 13.2. The Bertz CT molecular complexity index is 432. The van der Waals surface area contributed by atoms with E-state index >= 15 is 0 Å². The number of hydrogen-bond acceptors (Lipinski definition) is 3. The number of nitrogens with zero attached hydrogens (tertiary/aromatic N) is 2. The van der Waals surface area contributed by atoms with Crippen LogP contribution >= 0.6 is 15.9 Å². The lowest BCUT2D eigenvalue weighted by atomic mass is 9.97. The van der Waals surface area contributed by atoms with Crippen LogP contribution in [0.5, 0.6) is 0 Å². The van der Waals surface area contributed by atoms with E-state index in [1.165, 1.54) is 0 Å². The molecule has 1 aromatic rings. The second-order valence-corrected chi connectivity index (χ2v) is 6.05. The fourth-order valence-corrected chi connectivity index (χ4v) is 2.65. The SMILES string of the molecule is CCc1nn(CC)c(CC(=O)CC(C)(C)N)c1Br. The van der Waals surface area contributed by atoms with E-state index in [1.807, 2.05) is 25.5 Å². The number of carbonyl (C=O) groups is 1. The van der Waals surface area contributed by atoms with Crippen molar-refractivity contribution < 1.29 is 4.79 Å². The number of nitrogens with two attached hydrogens (primary N) is 1. The maximum Gasteiger partial charge on any atom is 0.140 e. The first kappa shape index (κ1) is 15.4. The fraction of sp³-hybridized carbons (Fsp3) is 0.692. The van der Waals surface area contributed by atoms with Crippen LogP contribution in [0.2, 0.25) is 0 Å². The molecule has 0 bridgehead atoms. The highest BCUT2D eigenvalue weighted by Crippen LogP contribution is 2.23. The summed E-state index contributed by atoms with van der Waals surface area (Å²) in [4.78, 5) is 12.0. The third-order valence-corrected chi connectivity index (χ3v) is 3.63. The molecule has 0 atom stereocenters. The molecular weight excluding hydrogens is 294 g/mol. The normalized spacial score (nSPS) is 11.9. The molecule has 0 aliphatic carbocycles. The molecule has 0 saturated carbocycles. The van der Waals surface area contributed by atoms with Crippen LogP contribution in [0.15, 0.2) is 4.47 Å². The van der Waals surface area contributed by atoms with Gasteiger partial charge in [0.2, 0.25) is 0 Å². The minimum absolute atomic E-state index is 0.153. The Labute approximate surface area is 117 Å². The number of Topliss-reactive ketones (excluding diaryl/α,β-unsaturated/α-hetero) is 1. The molecule has 0 radical (unpaired) electrons. The standard InChI is InChI=1S/C13H22BrN3O/c1-5-10-12(14)11(17(6-2)16-10)7-9(18)8-13(3,4)15/h5-8,15H2,1-4H3. The summed E-state index contributed by atoms with van der Waals surface area (Å²) in [6.07, 6.45) is 1.63. The fourth-order valence-electron chi connectivity index (χ4n) is 1.94. The summed E-state index contributed by atoms with van der Waals surface area (Å²) in [6.45, 7) is 8.59. The summed E-state index contributed by atoms with van der Waals surface area (Å²) >= 11 is 3.54. The summed E-state index contributed by atoms with van der Waals surface area (Å²) in [7, 11) is 0. The topological polar surface area (TPSA) is 60.9 Å². The van der Waals surface area contributed by atoms with Gasteiger partial charge in [0.25, 0.3) is 0 Å². The Hall–Kier alpha value is -0.680. The molecule has 0 aromatic carbocycles. The summed E-state index contributed by atoms with van der Waals surface area (Å²) < 4.78 is 2.86. The van der Waals surface area contributed by atoms with Crippen molar-refractivity contribution in [3.63, 3.8) is 0 Å². The number of rotatable bonds is 6. The molecule has 1 aromatic heterocycles. The van der Waals surface area contributed by atoms with E-state index in [9.17, 15) is 4.79 Å². The van der Waals surface area contributed by atoms with Crippen molar-refractivity contribution >= 4 is 21.7 Å². The summed E-state index contributed by atoms with van der Waals surface area (Å²) in [6, 6.07) is 0. The van der Waals surface area contributed by atoms with Gasteiger partial charge < -0.3 is 5.73 Å². The molecule has 0 aliphatic rings. The Morgan fingerprint density at radius 3 is 2.50 bits per heavy atom. The third-order valence-electron chi connectivity index (χ3n) is 2.71. The number of aryl methyl sites for hydroxylation is 2. The molecular formula is C13H22BrN3O. The van der Waals surface area contributed by atoms with Crippen molar-refractivity contribution in [2.24, 2.45) is 5.73 Å². The summed E-state index contributed by atoms with van der Waals surface area (Å²) in [5, 5.41) is 4.48. The number of hydrogen-bond donors (Lipinski definition) is 1. The van der Waals surface area contributed by atoms with Crippen molar-refractivity contribution in [3.8, 4) is 0 Å². The Morgan fingerprint density at radius 1 is 1.44 bits per heavy atom. The lowest BCUT2D eigenvalue weighted by molar-refractivity contribution is -0.119. The molecule has 18 heavy (non-hydrogen) atoms. The predicted octanol–water partition coefficient (Wildman–Crippen LogP) is 2.47. The van der Waals surface area contributed by atoms with Gasteiger partial charge in [-0.15, -0.1) is 0 Å². The summed E-state index contributed by atoms with van der Waals surface area (Å²) in [5.74, 6) is 0.153. The number of halogens is 1. The van der Waals surface area contributed by atoms with Crippen LogP contribution in [-0.4, -0.2) is 21.1 Å². The van der Waals surface area contributed by atoms with E-state index in [-0.39, 0.29) is 5.78 Å². The van der Waals surface area contributed by atoms with E-state index in [2.05, 4.69) is 28.0 Å². The number of aromatic nitrogens is 2. The lowest BCUT2D eigenvalue weighted by Crippen LogP contribution is -2.35. The molecule has 0 saturated heterocycles. The molecule has 102 valence electrons. The molecule has 5 heteroatoms. The molecule has 0 amide bonds. The molecule has 1 rings (SSSR count). The van der Waals surface area contributed by atoms with Gasteiger partial charge in [0, 0.05) is 24.9 Å². The van der Waals surface area contributed by atoms with E-state index in [4.69, 9.17) is 5.73 Å². The zero-order valence-electron chi connectivity index (χ0n) is 11.6. The van der Waals surface area contributed by atoms with Gasteiger partial charge in [0.15, 0.2) is 0 Å². The average Bonchev–Trinajstić information content (AvgIpc) is 2.53. The molecule has 0 aliphatic heterocycles. The minimum atomic E-state index is -0.450. The van der Waals surface area contributed by atoms with Gasteiger partial charge in [-0.2, -0.15) is 5.10 Å². The van der Waals surface area contributed by atoms with Gasteiger partial charge in [-0.05, 0) is 43.1 Å². The molecule has 0 unspecified atom stereocenters. The Morgan fingerprint density at radius 2 is 2.06 bits per heavy atom. The van der Waals surface area contributed by atoms with Crippen molar-refractivity contribution in [2.45, 2.75) is 59.0 Å². The van der Waals surface area contributed by atoms with E-state index in [0.717, 1.165) is 28.8 Å². The first-order valence-electron chi connectivity index (χ1n) is 6.33. The van der Waals surface area contributed by atoms with Crippen LogP contribution in [0.1, 0.15) is 45.5 Å². The highest BCUT2D eigenvalue weighted by Gasteiger charge is 2.21. The van der Waals surface area contributed by atoms with E-state index in [1.54, 1.807) is 0 Å². The quantitative estimate of drug-likeness (QED) is 0.877. The number of carbonyl (C=O) groups excluding carboxylic acids is 1.